The molecule has 92 valence electrons. The van der Waals surface area contributed by atoms with Gasteiger partial charge in [-0.3, -0.25) is 4.79 Å². The van der Waals surface area contributed by atoms with Gasteiger partial charge >= 0.3 is 5.97 Å². The second-order valence-electron chi connectivity index (χ2n) is 3.89. The number of ketones is 1. The Balaban J connectivity index is 2.51. The number of benzene rings is 1. The highest BCUT2D eigenvalue weighted by molar-refractivity contribution is 6.38. The number of aromatic nitrogens is 1. The largest absolute Gasteiger partial charge is 0.475 e. The van der Waals surface area contributed by atoms with Crippen LogP contribution in [0, 0.1) is 12.7 Å². The van der Waals surface area contributed by atoms with Crippen molar-refractivity contribution in [3.05, 3.63) is 41.3 Å². The van der Waals surface area contributed by atoms with Gasteiger partial charge in [-0.2, -0.15) is 0 Å². The molecule has 0 aliphatic heterocycles. The highest BCUT2D eigenvalue weighted by atomic mass is 19.1. The number of nitrogens with one attached hydrogen (secondary N) is 1. The van der Waals surface area contributed by atoms with E-state index in [1.807, 2.05) is 6.92 Å². The topological polar surface area (TPSA) is 70.2 Å². The molecule has 1 aromatic heterocycles. The third-order valence-electron chi connectivity index (χ3n) is 2.62. The molecule has 4 nitrogen and oxygen atoms in total. The second kappa shape index (κ2) is 4.44. The van der Waals surface area contributed by atoms with Crippen molar-refractivity contribution in [2.24, 2.45) is 0 Å². The molecule has 0 aliphatic rings. The van der Waals surface area contributed by atoms with Gasteiger partial charge in [0.1, 0.15) is 5.82 Å². The summed E-state index contributed by atoms with van der Waals surface area (Å²) < 4.78 is 13.4. The molecule has 0 atom stereocenters. The van der Waals surface area contributed by atoms with Gasteiger partial charge in [-0.05, 0) is 36.8 Å². The fraction of sp³-hybridized carbons (Fsp3) is 0.0769. The number of aryl methyl sites for hydroxylation is 1. The van der Waals surface area contributed by atoms with Crippen molar-refractivity contribution in [1.82, 2.24) is 4.98 Å². The molecule has 2 rings (SSSR count). The molecule has 0 saturated carbocycles. The molecular weight excluding hydrogens is 237 g/mol. The van der Waals surface area contributed by atoms with E-state index in [2.05, 4.69) is 4.98 Å². The summed E-state index contributed by atoms with van der Waals surface area (Å²) in [6.45, 7) is 1.83. The second-order valence-corrected chi connectivity index (χ2v) is 3.89. The first-order chi connectivity index (χ1) is 8.49. The number of hydrogen-bond acceptors (Lipinski definition) is 2. The van der Waals surface area contributed by atoms with Crippen molar-refractivity contribution >= 4 is 28.7 Å². The SMILES string of the molecule is Cc1c[nH]c2c(/C=C/C(=O)C(=O)O)cc(F)cc12. The summed E-state index contributed by atoms with van der Waals surface area (Å²) in [5.41, 5.74) is 1.99. The maximum Gasteiger partial charge on any atom is 0.376 e. The lowest BCUT2D eigenvalue weighted by atomic mass is 10.1. The Labute approximate surface area is 102 Å². The van der Waals surface area contributed by atoms with E-state index in [9.17, 15) is 14.0 Å². The number of H-pyrrole nitrogens is 1. The fourth-order valence-electron chi connectivity index (χ4n) is 1.73. The van der Waals surface area contributed by atoms with Gasteiger partial charge in [0.05, 0.1) is 5.52 Å². The zero-order valence-corrected chi connectivity index (χ0v) is 9.53. The van der Waals surface area contributed by atoms with Crippen LogP contribution >= 0.6 is 0 Å². The Kier molecular flexibility index (Phi) is 2.97. The quantitative estimate of drug-likeness (QED) is 0.645. The smallest absolute Gasteiger partial charge is 0.376 e. The van der Waals surface area contributed by atoms with E-state index in [1.165, 1.54) is 18.2 Å². The van der Waals surface area contributed by atoms with Crippen LogP contribution in [-0.2, 0) is 9.59 Å². The fourth-order valence-corrected chi connectivity index (χ4v) is 1.73. The molecule has 2 aromatic rings. The van der Waals surface area contributed by atoms with Gasteiger partial charge in [0.25, 0.3) is 5.78 Å². The number of fused-ring (bicyclic) bond motifs is 1. The molecule has 0 fully saturated rings. The lowest BCUT2D eigenvalue weighted by Crippen LogP contribution is -2.08. The van der Waals surface area contributed by atoms with Crippen molar-refractivity contribution < 1.29 is 19.1 Å². The molecule has 0 amide bonds. The molecule has 5 heteroatoms. The molecule has 1 aromatic carbocycles. The third kappa shape index (κ3) is 2.15. The minimum atomic E-state index is -1.54. The predicted molar refractivity (Wildman–Crippen MR) is 64.7 cm³/mol. The molecule has 0 radical (unpaired) electrons. The van der Waals surface area contributed by atoms with Gasteiger partial charge in [-0.1, -0.05) is 0 Å². The average molecular weight is 247 g/mol. The summed E-state index contributed by atoms with van der Waals surface area (Å²) >= 11 is 0. The molecule has 1 heterocycles. The molecule has 18 heavy (non-hydrogen) atoms. The Morgan fingerprint density at radius 1 is 1.39 bits per heavy atom. The van der Waals surface area contributed by atoms with E-state index in [1.54, 1.807) is 6.20 Å². The summed E-state index contributed by atoms with van der Waals surface area (Å²) in [6, 6.07) is 2.63. The van der Waals surface area contributed by atoms with E-state index in [-0.39, 0.29) is 0 Å². The van der Waals surface area contributed by atoms with Gasteiger partial charge < -0.3 is 10.1 Å². The van der Waals surface area contributed by atoms with Crippen LogP contribution in [0.25, 0.3) is 17.0 Å². The maximum atomic E-state index is 13.4. The lowest BCUT2D eigenvalue weighted by molar-refractivity contribution is -0.146. The highest BCUT2D eigenvalue weighted by Crippen LogP contribution is 2.23. The number of carboxylic acids is 1. The van der Waals surface area contributed by atoms with E-state index >= 15 is 0 Å². The van der Waals surface area contributed by atoms with Crippen LogP contribution in [0.2, 0.25) is 0 Å². The highest BCUT2D eigenvalue weighted by Gasteiger charge is 2.09. The van der Waals surface area contributed by atoms with Crippen molar-refractivity contribution in [3.63, 3.8) is 0 Å². The number of hydrogen-bond donors (Lipinski definition) is 2. The monoisotopic (exact) mass is 247 g/mol. The van der Waals surface area contributed by atoms with Crippen molar-refractivity contribution in [2.75, 3.05) is 0 Å². The number of carbonyl (C=O) groups is 2. The Morgan fingerprint density at radius 2 is 2.11 bits per heavy atom. The molecule has 0 saturated heterocycles. The van der Waals surface area contributed by atoms with Gasteiger partial charge in [-0.15, -0.1) is 0 Å². The minimum absolute atomic E-state index is 0.437. The number of halogens is 1. The average Bonchev–Trinajstić information content (AvgIpc) is 2.67. The van der Waals surface area contributed by atoms with Crippen molar-refractivity contribution in [1.29, 1.82) is 0 Å². The van der Waals surface area contributed by atoms with Gasteiger partial charge in [0, 0.05) is 17.1 Å². The summed E-state index contributed by atoms with van der Waals surface area (Å²) in [5.74, 6) is -3.02. The number of rotatable bonds is 3. The standard InChI is InChI=1S/C13H10FNO3/c1-7-6-15-12-8(2-3-11(16)13(17)18)4-9(14)5-10(7)12/h2-6,15H,1H3,(H,17,18)/b3-2+. The van der Waals surface area contributed by atoms with Crippen molar-refractivity contribution in [3.8, 4) is 0 Å². The summed E-state index contributed by atoms with van der Waals surface area (Å²) in [6.07, 6.45) is 3.92. The number of carbonyl (C=O) groups excluding carboxylic acids is 1. The van der Waals surface area contributed by atoms with Crippen LogP contribution in [0.4, 0.5) is 4.39 Å². The predicted octanol–water partition coefficient (Wildman–Crippen LogP) is 2.28. The zero-order chi connectivity index (χ0) is 13.3. The van der Waals surface area contributed by atoms with E-state index in [0.29, 0.717) is 16.5 Å². The molecule has 0 spiro atoms. The first kappa shape index (κ1) is 12.0. The van der Waals surface area contributed by atoms with E-state index < -0.39 is 17.6 Å². The van der Waals surface area contributed by atoms with E-state index in [0.717, 1.165) is 11.6 Å². The molecular formula is C13H10FNO3. The van der Waals surface area contributed by atoms with Crippen LogP contribution in [0.3, 0.4) is 0 Å². The molecule has 0 aliphatic carbocycles. The number of aromatic amines is 1. The molecule has 0 unspecified atom stereocenters. The van der Waals surface area contributed by atoms with Crippen LogP contribution in [0.15, 0.2) is 24.4 Å². The summed E-state index contributed by atoms with van der Waals surface area (Å²) in [5, 5.41) is 9.16. The summed E-state index contributed by atoms with van der Waals surface area (Å²) in [7, 11) is 0. The Bertz CT molecular complexity index is 670. The van der Waals surface area contributed by atoms with Crippen LogP contribution in [0.1, 0.15) is 11.1 Å². The van der Waals surface area contributed by atoms with E-state index in [4.69, 9.17) is 5.11 Å². The number of aliphatic carboxylic acids is 1. The number of carboxylic acid groups (broad SMARTS) is 1. The van der Waals surface area contributed by atoms with Gasteiger partial charge in [0.2, 0.25) is 0 Å². The zero-order valence-electron chi connectivity index (χ0n) is 9.53. The molecule has 0 bridgehead atoms. The first-order valence-electron chi connectivity index (χ1n) is 5.21. The lowest BCUT2D eigenvalue weighted by Gasteiger charge is -1.98. The third-order valence-corrected chi connectivity index (χ3v) is 2.62. The normalized spacial score (nSPS) is 11.2. The molecule has 2 N–H and O–H groups in total. The van der Waals surface area contributed by atoms with Crippen LogP contribution in [0.5, 0.6) is 0 Å². The Hall–Kier alpha value is -2.43. The van der Waals surface area contributed by atoms with Gasteiger partial charge in [-0.25, -0.2) is 9.18 Å². The van der Waals surface area contributed by atoms with Crippen LogP contribution < -0.4 is 0 Å². The van der Waals surface area contributed by atoms with Crippen LogP contribution in [-0.4, -0.2) is 21.8 Å². The van der Waals surface area contributed by atoms with Crippen molar-refractivity contribution in [2.45, 2.75) is 6.92 Å². The summed E-state index contributed by atoms with van der Waals surface area (Å²) in [4.78, 5) is 24.3. The van der Waals surface area contributed by atoms with Gasteiger partial charge in [0.15, 0.2) is 0 Å². The minimum Gasteiger partial charge on any atom is -0.475 e. The first-order valence-corrected chi connectivity index (χ1v) is 5.21. The Morgan fingerprint density at radius 3 is 2.78 bits per heavy atom. The maximum absolute atomic E-state index is 13.4.